The molecule has 0 spiro atoms. The van der Waals surface area contributed by atoms with Crippen LogP contribution in [0.1, 0.15) is 63.1 Å². The Morgan fingerprint density at radius 3 is 2.45 bits per heavy atom. The van der Waals surface area contributed by atoms with Crippen molar-refractivity contribution in [3.05, 3.63) is 28.8 Å². The van der Waals surface area contributed by atoms with Gasteiger partial charge in [-0.25, -0.2) is 0 Å². The molecule has 114 valence electrons. The van der Waals surface area contributed by atoms with Crippen molar-refractivity contribution in [3.8, 4) is 5.75 Å². The number of ether oxygens (including phenoxy) is 1. The van der Waals surface area contributed by atoms with Crippen molar-refractivity contribution in [2.24, 2.45) is 0 Å². The van der Waals surface area contributed by atoms with Crippen LogP contribution < -0.4 is 4.74 Å². The molecule has 0 saturated carbocycles. The van der Waals surface area contributed by atoms with Crippen LogP contribution in [-0.4, -0.2) is 18.8 Å². The predicted molar refractivity (Wildman–Crippen MR) is 85.7 cm³/mol. The van der Waals surface area contributed by atoms with Crippen LogP contribution in [0.3, 0.4) is 0 Å². The molecule has 0 saturated heterocycles. The second kappa shape index (κ2) is 7.68. The molecule has 1 aromatic carbocycles. The van der Waals surface area contributed by atoms with Crippen LogP contribution >= 0.6 is 0 Å². The van der Waals surface area contributed by atoms with Crippen molar-refractivity contribution in [2.75, 3.05) is 13.7 Å². The summed E-state index contributed by atoms with van der Waals surface area (Å²) in [5.74, 6) is 1.01. The Morgan fingerprint density at radius 1 is 1.20 bits per heavy atom. The summed E-state index contributed by atoms with van der Waals surface area (Å²) in [6.45, 7) is 9.11. The summed E-state index contributed by atoms with van der Waals surface area (Å²) in [4.78, 5) is 0. The zero-order valence-electron chi connectivity index (χ0n) is 13.8. The van der Waals surface area contributed by atoms with Crippen LogP contribution in [0, 0.1) is 6.92 Å². The monoisotopic (exact) mass is 278 g/mol. The van der Waals surface area contributed by atoms with Crippen LogP contribution in [0.5, 0.6) is 5.75 Å². The van der Waals surface area contributed by atoms with Gasteiger partial charge in [0.15, 0.2) is 0 Å². The first-order valence-electron chi connectivity index (χ1n) is 7.75. The van der Waals surface area contributed by atoms with E-state index >= 15 is 0 Å². The lowest BCUT2D eigenvalue weighted by Crippen LogP contribution is -2.19. The van der Waals surface area contributed by atoms with Gasteiger partial charge in [0.2, 0.25) is 0 Å². The normalized spacial score (nSPS) is 11.7. The fourth-order valence-corrected chi connectivity index (χ4v) is 2.85. The summed E-state index contributed by atoms with van der Waals surface area (Å²) < 4.78 is 5.64. The molecule has 0 aliphatic carbocycles. The van der Waals surface area contributed by atoms with Crippen LogP contribution in [0.15, 0.2) is 12.1 Å². The lowest BCUT2D eigenvalue weighted by Gasteiger charge is -2.29. The average Bonchev–Trinajstić information content (AvgIpc) is 2.38. The molecule has 0 unspecified atom stereocenters. The molecule has 2 nitrogen and oxygen atoms in total. The Kier molecular flexibility index (Phi) is 6.54. The fraction of sp³-hybridized carbons (Fsp3) is 0.667. The molecule has 0 heterocycles. The van der Waals surface area contributed by atoms with Gasteiger partial charge >= 0.3 is 0 Å². The molecule has 0 bridgehead atoms. The van der Waals surface area contributed by atoms with Crippen LogP contribution in [-0.2, 0) is 11.8 Å². The van der Waals surface area contributed by atoms with E-state index in [1.807, 2.05) is 0 Å². The van der Waals surface area contributed by atoms with E-state index < -0.39 is 0 Å². The van der Waals surface area contributed by atoms with E-state index in [2.05, 4.69) is 39.8 Å². The van der Waals surface area contributed by atoms with Gasteiger partial charge in [0.1, 0.15) is 5.75 Å². The molecule has 0 atom stereocenters. The lowest BCUT2D eigenvalue weighted by atomic mass is 9.78. The molecule has 1 aromatic rings. The molecule has 20 heavy (non-hydrogen) atoms. The first-order valence-corrected chi connectivity index (χ1v) is 7.75. The van der Waals surface area contributed by atoms with Gasteiger partial charge in [-0.15, -0.1) is 0 Å². The van der Waals surface area contributed by atoms with Crippen LogP contribution in [0.25, 0.3) is 0 Å². The molecule has 0 aliphatic rings. The Bertz CT molecular complexity index is 422. The van der Waals surface area contributed by atoms with Crippen molar-refractivity contribution in [2.45, 2.75) is 65.2 Å². The van der Waals surface area contributed by atoms with Gasteiger partial charge in [-0.1, -0.05) is 52.2 Å². The Labute approximate surface area is 124 Å². The molecule has 0 fully saturated rings. The molecule has 0 aromatic heterocycles. The van der Waals surface area contributed by atoms with Gasteiger partial charge in [-0.05, 0) is 36.3 Å². The fourth-order valence-electron chi connectivity index (χ4n) is 2.85. The first-order chi connectivity index (χ1) is 9.46. The minimum Gasteiger partial charge on any atom is -0.496 e. The number of aliphatic hydroxyl groups is 1. The lowest BCUT2D eigenvalue weighted by molar-refractivity contribution is 0.299. The van der Waals surface area contributed by atoms with Gasteiger partial charge < -0.3 is 9.84 Å². The standard InChI is InChI=1S/C18H30O2/c1-6-7-8-10-18(3,4)16-13-15(9-11-19)12-14(2)17(16)20-5/h12-13,19H,6-11H2,1-5H3. The third kappa shape index (κ3) is 4.24. The maximum absolute atomic E-state index is 9.17. The maximum atomic E-state index is 9.17. The second-order valence-electron chi connectivity index (χ2n) is 6.31. The molecule has 1 rings (SSSR count). The first kappa shape index (κ1) is 17.0. The number of benzene rings is 1. The highest BCUT2D eigenvalue weighted by Gasteiger charge is 2.25. The number of rotatable bonds is 8. The Balaban J connectivity index is 3.11. The predicted octanol–water partition coefficient (Wildman–Crippen LogP) is 4.40. The summed E-state index contributed by atoms with van der Waals surface area (Å²) in [6.07, 6.45) is 5.65. The van der Waals surface area contributed by atoms with E-state index in [0.717, 1.165) is 11.3 Å². The van der Waals surface area contributed by atoms with Crippen molar-refractivity contribution in [3.63, 3.8) is 0 Å². The average molecular weight is 278 g/mol. The number of aryl methyl sites for hydroxylation is 1. The van der Waals surface area contributed by atoms with Gasteiger partial charge in [-0.2, -0.15) is 0 Å². The van der Waals surface area contributed by atoms with Crippen LogP contribution in [0.4, 0.5) is 0 Å². The molecule has 2 heteroatoms. The zero-order valence-corrected chi connectivity index (χ0v) is 13.8. The highest BCUT2D eigenvalue weighted by Crippen LogP contribution is 2.38. The number of aliphatic hydroxyl groups excluding tert-OH is 1. The summed E-state index contributed by atoms with van der Waals surface area (Å²) in [5, 5.41) is 9.17. The molecular weight excluding hydrogens is 248 g/mol. The quantitative estimate of drug-likeness (QED) is 0.714. The SMILES string of the molecule is CCCCCC(C)(C)c1cc(CCO)cc(C)c1OC. The Hall–Kier alpha value is -1.02. The summed E-state index contributed by atoms with van der Waals surface area (Å²) in [5.41, 5.74) is 3.75. The summed E-state index contributed by atoms with van der Waals surface area (Å²) >= 11 is 0. The van der Waals surface area contributed by atoms with Gasteiger partial charge in [0, 0.05) is 12.2 Å². The third-order valence-electron chi connectivity index (χ3n) is 4.07. The molecule has 1 N–H and O–H groups in total. The number of methoxy groups -OCH3 is 1. The largest absolute Gasteiger partial charge is 0.496 e. The van der Waals surface area contributed by atoms with Crippen LogP contribution in [0.2, 0.25) is 0 Å². The van der Waals surface area contributed by atoms with E-state index in [1.165, 1.54) is 36.8 Å². The maximum Gasteiger partial charge on any atom is 0.125 e. The van der Waals surface area contributed by atoms with Gasteiger partial charge in [0.25, 0.3) is 0 Å². The zero-order chi connectivity index (χ0) is 15.2. The number of hydrogen-bond donors (Lipinski definition) is 1. The van der Waals surface area contributed by atoms with Crippen molar-refractivity contribution >= 4 is 0 Å². The van der Waals surface area contributed by atoms with Gasteiger partial charge in [0.05, 0.1) is 7.11 Å². The summed E-state index contributed by atoms with van der Waals surface area (Å²) in [6, 6.07) is 4.34. The second-order valence-corrected chi connectivity index (χ2v) is 6.31. The van der Waals surface area contributed by atoms with E-state index in [4.69, 9.17) is 4.74 Å². The number of hydrogen-bond acceptors (Lipinski definition) is 2. The highest BCUT2D eigenvalue weighted by atomic mass is 16.5. The van der Waals surface area contributed by atoms with E-state index in [1.54, 1.807) is 7.11 Å². The van der Waals surface area contributed by atoms with Crippen molar-refractivity contribution < 1.29 is 9.84 Å². The van der Waals surface area contributed by atoms with E-state index in [9.17, 15) is 5.11 Å². The minimum atomic E-state index is 0.108. The molecule has 0 radical (unpaired) electrons. The smallest absolute Gasteiger partial charge is 0.125 e. The van der Waals surface area contributed by atoms with E-state index in [0.29, 0.717) is 6.42 Å². The summed E-state index contributed by atoms with van der Waals surface area (Å²) in [7, 11) is 1.75. The van der Waals surface area contributed by atoms with Gasteiger partial charge in [-0.3, -0.25) is 0 Å². The molecule has 0 aliphatic heterocycles. The Morgan fingerprint density at radius 2 is 1.90 bits per heavy atom. The molecule has 0 amide bonds. The number of unbranched alkanes of at least 4 members (excludes halogenated alkanes) is 2. The highest BCUT2D eigenvalue weighted by molar-refractivity contribution is 5.47. The van der Waals surface area contributed by atoms with Crippen molar-refractivity contribution in [1.29, 1.82) is 0 Å². The topological polar surface area (TPSA) is 29.5 Å². The minimum absolute atomic E-state index is 0.108. The molecular formula is C18H30O2. The van der Waals surface area contributed by atoms with Crippen molar-refractivity contribution in [1.82, 2.24) is 0 Å². The van der Waals surface area contributed by atoms with E-state index in [-0.39, 0.29) is 12.0 Å². The third-order valence-corrected chi connectivity index (χ3v) is 4.07.